The van der Waals surface area contributed by atoms with Crippen molar-refractivity contribution in [2.75, 3.05) is 27.4 Å². The number of benzene rings is 1. The Morgan fingerprint density at radius 2 is 1.76 bits per heavy atom. The lowest BCUT2D eigenvalue weighted by Crippen LogP contribution is -2.51. The first-order valence-corrected chi connectivity index (χ1v) is 12.9. The molecular formula is C22H32ClN3O10S. The number of hydrogen-bond donors (Lipinski definition) is 2. The number of nitrogens with two attached hydrogens (primary N) is 2. The number of carbonyl (C=O) groups is 3. The van der Waals surface area contributed by atoms with Gasteiger partial charge in [-0.3, -0.25) is 4.79 Å². The number of nitrogens with zero attached hydrogens (tertiary/aromatic N) is 1. The fourth-order valence-electron chi connectivity index (χ4n) is 3.61. The molecule has 4 N–H and O–H groups in total. The first-order chi connectivity index (χ1) is 17.1. The van der Waals surface area contributed by atoms with Gasteiger partial charge in [0.05, 0.1) is 38.5 Å². The number of hydroxylamine groups is 2. The number of halogens is 1. The van der Waals surface area contributed by atoms with E-state index in [2.05, 4.69) is 0 Å². The van der Waals surface area contributed by atoms with Gasteiger partial charge in [-0.05, 0) is 37.8 Å². The number of esters is 1. The van der Waals surface area contributed by atoms with Crippen LogP contribution in [0, 0.1) is 17.3 Å². The summed E-state index contributed by atoms with van der Waals surface area (Å²) in [5.41, 5.74) is 9.49. The number of ether oxygens (including phenoxy) is 3. The van der Waals surface area contributed by atoms with Gasteiger partial charge in [0.1, 0.15) is 11.3 Å². The summed E-state index contributed by atoms with van der Waals surface area (Å²) in [6, 6.07) is 1.06. The van der Waals surface area contributed by atoms with Crippen molar-refractivity contribution in [2.45, 2.75) is 39.7 Å². The molecule has 0 heterocycles. The molecule has 15 heteroatoms. The van der Waals surface area contributed by atoms with Crippen molar-refractivity contribution in [3.63, 3.8) is 0 Å². The first kappa shape index (κ1) is 30.4. The van der Waals surface area contributed by atoms with Crippen molar-refractivity contribution in [1.29, 1.82) is 0 Å². The van der Waals surface area contributed by atoms with Crippen molar-refractivity contribution in [3.8, 4) is 11.5 Å². The molecule has 2 rings (SSSR count). The number of hydrogen-bond acceptors (Lipinski definition) is 10. The molecule has 0 saturated heterocycles. The fourth-order valence-corrected chi connectivity index (χ4v) is 4.76. The predicted molar refractivity (Wildman–Crippen MR) is 131 cm³/mol. The molecule has 37 heavy (non-hydrogen) atoms. The molecule has 208 valence electrons. The topological polar surface area (TPSA) is 187 Å². The highest BCUT2D eigenvalue weighted by Gasteiger charge is 2.41. The summed E-state index contributed by atoms with van der Waals surface area (Å²) in [6.07, 6.45) is 0.732. The molecule has 1 fully saturated rings. The highest BCUT2D eigenvalue weighted by atomic mass is 35.5. The summed E-state index contributed by atoms with van der Waals surface area (Å²) in [5, 5.41) is 0.656. The minimum Gasteiger partial charge on any atom is -0.496 e. The Bertz CT molecular complexity index is 1120. The average Bonchev–Trinajstić information content (AvgIpc) is 2.78. The van der Waals surface area contributed by atoms with Gasteiger partial charge in [0.25, 0.3) is 0 Å². The Hall–Kier alpha value is -2.81. The van der Waals surface area contributed by atoms with Gasteiger partial charge in [-0.1, -0.05) is 25.4 Å². The van der Waals surface area contributed by atoms with Crippen LogP contribution in [0.4, 0.5) is 4.79 Å². The van der Waals surface area contributed by atoms with Crippen LogP contribution in [0.1, 0.15) is 44.0 Å². The Morgan fingerprint density at radius 1 is 1.14 bits per heavy atom. The summed E-state index contributed by atoms with van der Waals surface area (Å²) in [7, 11) is -2.04. The second-order valence-electron chi connectivity index (χ2n) is 9.38. The van der Waals surface area contributed by atoms with E-state index in [-0.39, 0.29) is 40.5 Å². The lowest BCUT2D eigenvalue weighted by molar-refractivity contribution is -0.130. The van der Waals surface area contributed by atoms with Crippen LogP contribution >= 0.6 is 11.6 Å². The van der Waals surface area contributed by atoms with Gasteiger partial charge in [0.2, 0.25) is 5.91 Å². The summed E-state index contributed by atoms with van der Waals surface area (Å²) in [5.74, 6) is -1.65. The Morgan fingerprint density at radius 3 is 2.27 bits per heavy atom. The molecule has 3 amide bonds. The van der Waals surface area contributed by atoms with E-state index in [1.165, 1.54) is 33.3 Å². The van der Waals surface area contributed by atoms with Crippen molar-refractivity contribution < 1.29 is 45.5 Å². The third-order valence-electron chi connectivity index (χ3n) is 5.91. The average molecular weight is 566 g/mol. The molecule has 1 aliphatic rings. The van der Waals surface area contributed by atoms with Crippen LogP contribution in [0.15, 0.2) is 12.1 Å². The van der Waals surface area contributed by atoms with Gasteiger partial charge in [0.15, 0.2) is 5.75 Å². The molecule has 13 nitrogen and oxygen atoms in total. The molecule has 1 atom stereocenters. The second kappa shape index (κ2) is 12.2. The van der Waals surface area contributed by atoms with E-state index in [0.29, 0.717) is 17.9 Å². The van der Waals surface area contributed by atoms with Crippen molar-refractivity contribution in [1.82, 2.24) is 5.06 Å². The Kier molecular flexibility index (Phi) is 9.99. The third kappa shape index (κ3) is 7.84. The number of carbonyl (C=O) groups excluding carboxylic acids is 3. The molecule has 0 spiro atoms. The fraction of sp³-hybridized carbons (Fsp3) is 0.591. The van der Waals surface area contributed by atoms with Gasteiger partial charge >= 0.3 is 22.4 Å². The van der Waals surface area contributed by atoms with E-state index >= 15 is 0 Å². The molecular weight excluding hydrogens is 534 g/mol. The van der Waals surface area contributed by atoms with Gasteiger partial charge < -0.3 is 25.7 Å². The van der Waals surface area contributed by atoms with Gasteiger partial charge in [-0.25, -0.2) is 13.8 Å². The van der Waals surface area contributed by atoms with Crippen molar-refractivity contribution in [3.05, 3.63) is 22.7 Å². The van der Waals surface area contributed by atoms with Crippen LogP contribution in [0.2, 0.25) is 5.02 Å². The largest absolute Gasteiger partial charge is 0.496 e. The van der Waals surface area contributed by atoms with E-state index in [9.17, 15) is 22.8 Å². The molecule has 1 aromatic rings. The summed E-state index contributed by atoms with van der Waals surface area (Å²) >= 11 is 6.09. The lowest BCUT2D eigenvalue weighted by Gasteiger charge is -2.40. The third-order valence-corrected chi connectivity index (χ3v) is 6.95. The van der Waals surface area contributed by atoms with E-state index in [1.807, 2.05) is 0 Å². The number of urea groups is 1. The Labute approximate surface area is 220 Å². The lowest BCUT2D eigenvalue weighted by atomic mass is 9.71. The monoisotopic (exact) mass is 565 g/mol. The normalized spacial score (nSPS) is 18.3. The maximum absolute atomic E-state index is 12.8. The van der Waals surface area contributed by atoms with Gasteiger partial charge in [-0.2, -0.15) is 13.5 Å². The first-order valence-electron chi connectivity index (χ1n) is 11.2. The van der Waals surface area contributed by atoms with Crippen molar-refractivity contribution >= 4 is 39.9 Å². The molecule has 0 bridgehead atoms. The number of methoxy groups -OCH3 is 2. The predicted octanol–water partition coefficient (Wildman–Crippen LogP) is 2.01. The van der Waals surface area contributed by atoms with E-state index in [4.69, 9.17) is 45.7 Å². The molecule has 1 aromatic carbocycles. The van der Waals surface area contributed by atoms with Crippen molar-refractivity contribution in [2.24, 2.45) is 28.7 Å². The summed E-state index contributed by atoms with van der Waals surface area (Å²) in [6.45, 7) is 3.95. The number of rotatable bonds is 13. The molecule has 1 aliphatic carbocycles. The zero-order valence-corrected chi connectivity index (χ0v) is 22.8. The van der Waals surface area contributed by atoms with Gasteiger partial charge in [0, 0.05) is 11.3 Å². The molecule has 0 unspecified atom stereocenters. The SMILES string of the molecule is COc1ccc(Cl)c(OC)c1C(=O)OCC(C)(C)COS(=O)(=O)ON(C(N)=O)[C@@H](C)C1CC(C(N)=O)C1. The van der Waals surface area contributed by atoms with Crippen LogP contribution in [0.5, 0.6) is 11.5 Å². The van der Waals surface area contributed by atoms with E-state index < -0.39 is 46.4 Å². The summed E-state index contributed by atoms with van der Waals surface area (Å²) in [4.78, 5) is 35.8. The number of primary amides is 2. The number of amides is 3. The molecule has 1 saturated carbocycles. The maximum Gasteiger partial charge on any atom is 0.421 e. The van der Waals surface area contributed by atoms with Crippen LogP contribution in [-0.4, -0.2) is 64.9 Å². The summed E-state index contributed by atoms with van der Waals surface area (Å²) < 4.78 is 50.3. The molecule has 0 aromatic heterocycles. The zero-order chi connectivity index (χ0) is 28.1. The quantitative estimate of drug-likeness (QED) is 0.264. The van der Waals surface area contributed by atoms with Crippen LogP contribution < -0.4 is 20.9 Å². The molecule has 0 radical (unpaired) electrons. The van der Waals surface area contributed by atoms with Crippen LogP contribution in [0.25, 0.3) is 0 Å². The van der Waals surface area contributed by atoms with E-state index in [1.54, 1.807) is 13.8 Å². The standard InChI is InChI=1S/C22H32ClN3O10S/c1-12(13-8-14(9-13)19(24)27)26(21(25)29)36-37(30,31)35-11-22(2,3)10-34-20(28)17-16(32-4)7-6-15(23)18(17)33-5/h6-7,12-14H,8-11H2,1-5H3,(H2,24,27)(H2,25,29)/t12-,13?,14?/m0/s1. The molecule has 0 aliphatic heterocycles. The van der Waals surface area contributed by atoms with Crippen LogP contribution in [-0.2, 0) is 28.4 Å². The minimum atomic E-state index is -4.73. The van der Waals surface area contributed by atoms with Gasteiger partial charge in [-0.15, -0.1) is 4.28 Å². The Balaban J connectivity index is 1.99. The maximum atomic E-state index is 12.8. The smallest absolute Gasteiger partial charge is 0.421 e. The highest BCUT2D eigenvalue weighted by Crippen LogP contribution is 2.38. The zero-order valence-electron chi connectivity index (χ0n) is 21.2. The minimum absolute atomic E-state index is 0.0363. The van der Waals surface area contributed by atoms with E-state index in [0.717, 1.165) is 0 Å². The highest BCUT2D eigenvalue weighted by molar-refractivity contribution is 7.81. The van der Waals surface area contributed by atoms with Crippen LogP contribution in [0.3, 0.4) is 0 Å². The second-order valence-corrected chi connectivity index (χ2v) is 11.0.